The van der Waals surface area contributed by atoms with E-state index in [-0.39, 0.29) is 11.7 Å². The molecule has 0 N–H and O–H groups in total. The molecule has 0 atom stereocenters. The Balaban J connectivity index is 1.06. The number of halogens is 1. The van der Waals surface area contributed by atoms with E-state index in [0.717, 1.165) is 41.5 Å². The van der Waals surface area contributed by atoms with Gasteiger partial charge in [-0.05, 0) is 67.3 Å². The lowest BCUT2D eigenvalue weighted by Gasteiger charge is -2.41. The van der Waals surface area contributed by atoms with E-state index in [2.05, 4.69) is 39.0 Å². The van der Waals surface area contributed by atoms with E-state index >= 15 is 0 Å². The van der Waals surface area contributed by atoms with Crippen LogP contribution in [0.1, 0.15) is 41.3 Å². The fourth-order valence-electron chi connectivity index (χ4n) is 6.42. The zero-order chi connectivity index (χ0) is 32.1. The highest BCUT2D eigenvalue weighted by Crippen LogP contribution is 2.38. The number of hydrogen-bond acceptors (Lipinski definition) is 8. The molecule has 1 aromatic heterocycles. The van der Waals surface area contributed by atoms with Crippen molar-refractivity contribution in [2.24, 2.45) is 0 Å². The number of piperazine rings is 1. The second-order valence-electron chi connectivity index (χ2n) is 11.8. The van der Waals surface area contributed by atoms with E-state index in [0.29, 0.717) is 60.6 Å². The number of Topliss-reactive ketones (excluding diaryl/α,β-unsaturated/α-hetero) is 1. The third-order valence-corrected chi connectivity index (χ3v) is 10.3. The van der Waals surface area contributed by atoms with Crippen molar-refractivity contribution in [3.8, 4) is 5.75 Å². The lowest BCUT2D eigenvalue weighted by atomic mass is 9.70. The second-order valence-corrected chi connectivity index (χ2v) is 13.1. The Morgan fingerprint density at radius 1 is 0.848 bits per heavy atom. The Morgan fingerprint density at radius 3 is 2.24 bits per heavy atom. The van der Waals surface area contributed by atoms with Gasteiger partial charge in [0.25, 0.3) is 5.91 Å². The van der Waals surface area contributed by atoms with Gasteiger partial charge in [-0.1, -0.05) is 65.8 Å². The molecule has 0 radical (unpaired) electrons. The average molecular weight is 656 g/mol. The van der Waals surface area contributed by atoms with E-state index in [4.69, 9.17) is 21.3 Å². The highest BCUT2D eigenvalue weighted by molar-refractivity contribution is 7.98. The minimum Gasteiger partial charge on any atom is -0.497 e. The van der Waals surface area contributed by atoms with Crippen molar-refractivity contribution in [3.63, 3.8) is 0 Å². The molecular formula is C36H38ClN5O3S. The number of amides is 1. The molecule has 8 nitrogen and oxygen atoms in total. The van der Waals surface area contributed by atoms with E-state index < -0.39 is 5.41 Å². The number of rotatable bonds is 9. The monoisotopic (exact) mass is 655 g/mol. The van der Waals surface area contributed by atoms with Crippen LogP contribution < -0.4 is 14.5 Å². The molecule has 0 saturated carbocycles. The van der Waals surface area contributed by atoms with Crippen LogP contribution in [0.25, 0.3) is 0 Å². The highest BCUT2D eigenvalue weighted by Gasteiger charge is 2.40. The molecule has 0 bridgehead atoms. The molecule has 1 amide bonds. The summed E-state index contributed by atoms with van der Waals surface area (Å²) in [5.74, 6) is 2.45. The third-order valence-electron chi connectivity index (χ3n) is 9.15. The number of carbonyl (C=O) groups excluding carboxylic acids is 2. The number of piperidine rings is 1. The van der Waals surface area contributed by atoms with Crippen molar-refractivity contribution in [1.82, 2.24) is 14.9 Å². The van der Waals surface area contributed by atoms with Gasteiger partial charge < -0.3 is 19.4 Å². The van der Waals surface area contributed by atoms with Crippen LogP contribution in [0.2, 0.25) is 5.15 Å². The molecule has 3 aromatic carbocycles. The first-order chi connectivity index (χ1) is 22.3. The summed E-state index contributed by atoms with van der Waals surface area (Å²) >= 11 is 7.96. The maximum absolute atomic E-state index is 13.4. The lowest BCUT2D eigenvalue weighted by molar-refractivity contribution is -0.123. The van der Waals surface area contributed by atoms with Gasteiger partial charge in [-0.3, -0.25) is 9.59 Å². The minimum atomic E-state index is -0.473. The van der Waals surface area contributed by atoms with Crippen LogP contribution in [0.3, 0.4) is 0 Å². The van der Waals surface area contributed by atoms with Crippen molar-refractivity contribution in [3.05, 3.63) is 107 Å². The van der Waals surface area contributed by atoms with Gasteiger partial charge in [0.2, 0.25) is 0 Å². The molecule has 2 fully saturated rings. The van der Waals surface area contributed by atoms with E-state index in [1.807, 2.05) is 59.5 Å². The van der Waals surface area contributed by atoms with Gasteiger partial charge in [0.1, 0.15) is 22.5 Å². The number of anilines is 2. The van der Waals surface area contributed by atoms with Crippen molar-refractivity contribution < 1.29 is 14.3 Å². The molecule has 2 aliphatic rings. The summed E-state index contributed by atoms with van der Waals surface area (Å²) in [4.78, 5) is 42.0. The summed E-state index contributed by atoms with van der Waals surface area (Å²) in [5.41, 5.74) is 3.44. The number of ketones is 1. The summed E-state index contributed by atoms with van der Waals surface area (Å²) in [7, 11) is 1.66. The number of benzene rings is 3. The van der Waals surface area contributed by atoms with Gasteiger partial charge in [-0.2, -0.15) is 0 Å². The number of hydrogen-bond donors (Lipinski definition) is 0. The number of ether oxygens (including phenoxy) is 1. The zero-order valence-electron chi connectivity index (χ0n) is 26.2. The van der Waals surface area contributed by atoms with Crippen molar-refractivity contribution >= 4 is 46.6 Å². The van der Waals surface area contributed by atoms with Crippen LogP contribution >= 0.6 is 23.4 Å². The number of thioether (sulfide) groups is 1. The van der Waals surface area contributed by atoms with Crippen LogP contribution in [0.4, 0.5) is 11.5 Å². The summed E-state index contributed by atoms with van der Waals surface area (Å²) in [6.45, 7) is 5.99. The van der Waals surface area contributed by atoms with Crippen LogP contribution in [-0.4, -0.2) is 72.9 Å². The Morgan fingerprint density at radius 2 is 1.57 bits per heavy atom. The molecule has 2 saturated heterocycles. The maximum Gasteiger partial charge on any atom is 0.253 e. The van der Waals surface area contributed by atoms with Crippen molar-refractivity contribution in [2.75, 3.05) is 56.2 Å². The number of methoxy groups -OCH3 is 1. The summed E-state index contributed by atoms with van der Waals surface area (Å²) in [6, 6.07) is 27.7. The molecule has 0 aliphatic carbocycles. The Labute approximate surface area is 279 Å². The number of carbonyl (C=O) groups is 2. The first kappa shape index (κ1) is 31.9. The van der Waals surface area contributed by atoms with Crippen LogP contribution in [0.15, 0.2) is 90.1 Å². The standard InChI is InChI=1S/C36H38ClN5O3S/c1-26(43)36(29-9-4-3-5-10-29)15-17-41(18-16-36)33-24-32(37)38-35(39-33)46-25-27-7-6-8-28(23-27)34(44)42-21-19-40(20-22-42)30-11-13-31(45-2)14-12-30/h3-14,23-24H,15-22,25H2,1-2H3. The molecule has 0 spiro atoms. The average Bonchev–Trinajstić information content (AvgIpc) is 3.11. The highest BCUT2D eigenvalue weighted by atomic mass is 35.5. The lowest BCUT2D eigenvalue weighted by Crippen LogP contribution is -2.48. The largest absolute Gasteiger partial charge is 0.497 e. The first-order valence-corrected chi connectivity index (χ1v) is 17.0. The zero-order valence-corrected chi connectivity index (χ0v) is 27.8. The second kappa shape index (κ2) is 14.1. The van der Waals surface area contributed by atoms with Gasteiger partial charge in [0.05, 0.1) is 12.5 Å². The smallest absolute Gasteiger partial charge is 0.253 e. The molecule has 3 heterocycles. The molecule has 0 unspecified atom stereocenters. The number of nitrogens with zero attached hydrogens (tertiary/aromatic N) is 5. The molecule has 6 rings (SSSR count). The third kappa shape index (κ3) is 7.00. The summed E-state index contributed by atoms with van der Waals surface area (Å²) < 4.78 is 5.27. The molecule has 238 valence electrons. The van der Waals surface area contributed by atoms with Crippen LogP contribution in [0, 0.1) is 0 Å². The van der Waals surface area contributed by atoms with Crippen molar-refractivity contribution in [1.29, 1.82) is 0 Å². The SMILES string of the molecule is COc1ccc(N2CCN(C(=O)c3cccc(CSc4nc(Cl)cc(N5CCC(C(C)=O)(c6ccccc6)CC5)n4)c3)CC2)cc1. The predicted molar refractivity (Wildman–Crippen MR) is 184 cm³/mol. The molecule has 10 heteroatoms. The van der Waals surface area contributed by atoms with Crippen molar-refractivity contribution in [2.45, 2.75) is 36.1 Å². The predicted octanol–water partition coefficient (Wildman–Crippen LogP) is 6.52. The van der Waals surface area contributed by atoms with Crippen LogP contribution in [0.5, 0.6) is 5.75 Å². The Bertz CT molecular complexity index is 1670. The van der Waals surface area contributed by atoms with Gasteiger partial charge >= 0.3 is 0 Å². The van der Waals surface area contributed by atoms with Gasteiger partial charge in [-0.25, -0.2) is 9.97 Å². The molecule has 46 heavy (non-hydrogen) atoms. The normalized spacial score (nSPS) is 16.3. The van der Waals surface area contributed by atoms with Gasteiger partial charge in [0, 0.05) is 62.3 Å². The first-order valence-electron chi connectivity index (χ1n) is 15.6. The summed E-state index contributed by atoms with van der Waals surface area (Å²) in [6.07, 6.45) is 1.43. The van der Waals surface area contributed by atoms with E-state index in [1.54, 1.807) is 20.1 Å². The maximum atomic E-state index is 13.4. The molecule has 2 aliphatic heterocycles. The molecular weight excluding hydrogens is 618 g/mol. The molecule has 4 aromatic rings. The Kier molecular flexibility index (Phi) is 9.80. The van der Waals surface area contributed by atoms with Gasteiger partial charge in [0.15, 0.2) is 5.16 Å². The summed E-state index contributed by atoms with van der Waals surface area (Å²) in [5, 5.41) is 0.969. The fraction of sp³-hybridized carbons (Fsp3) is 0.333. The minimum absolute atomic E-state index is 0.0461. The van der Waals surface area contributed by atoms with Gasteiger partial charge in [-0.15, -0.1) is 0 Å². The number of aromatic nitrogens is 2. The topological polar surface area (TPSA) is 78.9 Å². The van der Waals surface area contributed by atoms with E-state index in [1.165, 1.54) is 11.8 Å². The quantitative estimate of drug-likeness (QED) is 0.115. The Hall–Kier alpha value is -4.08. The van der Waals surface area contributed by atoms with E-state index in [9.17, 15) is 9.59 Å². The van der Waals surface area contributed by atoms with Crippen LogP contribution in [-0.2, 0) is 16.0 Å². The fourth-order valence-corrected chi connectivity index (χ4v) is 7.44.